The van der Waals surface area contributed by atoms with Gasteiger partial charge >= 0.3 is 0 Å². The molecular formula is C17H23N. The van der Waals surface area contributed by atoms with Crippen LogP contribution in [-0.2, 0) is 0 Å². The van der Waals surface area contributed by atoms with Crippen molar-refractivity contribution in [1.82, 2.24) is 0 Å². The number of para-hydroxylation sites is 1. The van der Waals surface area contributed by atoms with Crippen LogP contribution in [0, 0.1) is 5.92 Å². The van der Waals surface area contributed by atoms with Crippen LogP contribution in [0.15, 0.2) is 35.3 Å². The monoisotopic (exact) mass is 241 g/mol. The molecule has 0 amide bonds. The summed E-state index contributed by atoms with van der Waals surface area (Å²) in [5.74, 6) is 0.872. The summed E-state index contributed by atoms with van der Waals surface area (Å²) in [7, 11) is 0. The van der Waals surface area contributed by atoms with Crippen LogP contribution < -0.4 is 0 Å². The van der Waals surface area contributed by atoms with Gasteiger partial charge in [0, 0.05) is 11.3 Å². The smallest absolute Gasteiger partial charge is 0.0703 e. The van der Waals surface area contributed by atoms with E-state index in [4.69, 9.17) is 4.99 Å². The zero-order chi connectivity index (χ0) is 13.0. The molecular weight excluding hydrogens is 218 g/mol. The van der Waals surface area contributed by atoms with Gasteiger partial charge in [-0.05, 0) is 57.1 Å². The summed E-state index contributed by atoms with van der Waals surface area (Å²) in [5, 5.41) is 0. The van der Waals surface area contributed by atoms with Crippen LogP contribution >= 0.6 is 0 Å². The molecule has 0 bridgehead atoms. The maximum absolute atomic E-state index is 4.90. The highest BCUT2D eigenvalue weighted by atomic mass is 14.8. The van der Waals surface area contributed by atoms with E-state index >= 15 is 0 Å². The summed E-state index contributed by atoms with van der Waals surface area (Å²) in [6.45, 7) is 6.58. The summed E-state index contributed by atoms with van der Waals surface area (Å²) in [6, 6.07) is 8.47. The van der Waals surface area contributed by atoms with E-state index in [0.717, 1.165) is 11.6 Å². The van der Waals surface area contributed by atoms with Crippen molar-refractivity contribution in [3.05, 3.63) is 35.9 Å². The summed E-state index contributed by atoms with van der Waals surface area (Å²) < 4.78 is 0. The summed E-state index contributed by atoms with van der Waals surface area (Å²) in [4.78, 5) is 4.90. The lowest BCUT2D eigenvalue weighted by Crippen LogP contribution is -2.11. The van der Waals surface area contributed by atoms with E-state index in [1.807, 2.05) is 0 Å². The van der Waals surface area contributed by atoms with E-state index in [1.54, 1.807) is 0 Å². The van der Waals surface area contributed by atoms with Gasteiger partial charge in [0.25, 0.3) is 0 Å². The van der Waals surface area contributed by atoms with Gasteiger partial charge in [-0.3, -0.25) is 4.99 Å². The average Bonchev–Trinajstić information content (AvgIpc) is 2.41. The molecule has 1 saturated carbocycles. The van der Waals surface area contributed by atoms with Crippen molar-refractivity contribution in [2.45, 2.75) is 46.5 Å². The number of hydrogen-bond donors (Lipinski definition) is 0. The lowest BCUT2D eigenvalue weighted by atomic mass is 9.89. The van der Waals surface area contributed by atoms with Crippen molar-refractivity contribution in [3.8, 4) is 0 Å². The Morgan fingerprint density at radius 2 is 1.89 bits per heavy atom. The first-order chi connectivity index (χ1) is 8.70. The van der Waals surface area contributed by atoms with Crippen LogP contribution in [-0.4, -0.2) is 5.71 Å². The fraction of sp³-hybridized carbons (Fsp3) is 0.471. The quantitative estimate of drug-likeness (QED) is 0.658. The Morgan fingerprint density at radius 3 is 2.56 bits per heavy atom. The number of nitrogens with zero attached hydrogens (tertiary/aromatic N) is 1. The molecule has 0 aromatic heterocycles. The largest absolute Gasteiger partial charge is 0.257 e. The third-order valence-corrected chi connectivity index (χ3v) is 3.89. The first-order valence-corrected chi connectivity index (χ1v) is 6.99. The fourth-order valence-electron chi connectivity index (χ4n) is 2.44. The molecule has 1 nitrogen and oxygen atoms in total. The second-order valence-corrected chi connectivity index (χ2v) is 5.35. The van der Waals surface area contributed by atoms with Gasteiger partial charge in [0.05, 0.1) is 5.69 Å². The van der Waals surface area contributed by atoms with Crippen LogP contribution in [0.4, 0.5) is 5.69 Å². The average molecular weight is 241 g/mol. The number of aliphatic imine (C=N–C) groups is 1. The normalized spacial score (nSPS) is 20.9. The van der Waals surface area contributed by atoms with Crippen LogP contribution in [0.2, 0.25) is 0 Å². The van der Waals surface area contributed by atoms with Crippen LogP contribution in [0.1, 0.15) is 52.0 Å². The number of rotatable bonds is 2. The predicted octanol–water partition coefficient (Wildman–Crippen LogP) is 5.39. The Balaban J connectivity index is 2.26. The molecule has 2 rings (SSSR count). The molecule has 1 aromatic rings. The fourth-order valence-corrected chi connectivity index (χ4v) is 2.44. The lowest BCUT2D eigenvalue weighted by Gasteiger charge is -2.19. The molecule has 0 N–H and O–H groups in total. The molecule has 1 heteroatoms. The lowest BCUT2D eigenvalue weighted by molar-refractivity contribution is 0.483. The van der Waals surface area contributed by atoms with Crippen molar-refractivity contribution in [1.29, 1.82) is 0 Å². The standard InChI is InChI=1S/C17H23N/c1-4-14(3)16-7-5-6-8-17(16)18-15-11-9-13(2)10-12-15/h4-8,13H,9-12H2,1-3H3. The Labute approximate surface area is 111 Å². The van der Waals surface area contributed by atoms with Gasteiger partial charge in [0.1, 0.15) is 0 Å². The minimum absolute atomic E-state index is 0.872. The van der Waals surface area contributed by atoms with Gasteiger partial charge in [-0.25, -0.2) is 0 Å². The molecule has 0 unspecified atom stereocenters. The van der Waals surface area contributed by atoms with Gasteiger partial charge in [-0.15, -0.1) is 0 Å². The third kappa shape index (κ3) is 3.10. The maximum atomic E-state index is 4.90. The SMILES string of the molecule is CC=C(C)c1ccccc1N=C1CCC(C)CC1. The molecule has 96 valence electrons. The summed E-state index contributed by atoms with van der Waals surface area (Å²) in [6.07, 6.45) is 7.09. The van der Waals surface area contributed by atoms with Gasteiger partial charge in [-0.1, -0.05) is 31.2 Å². The second kappa shape index (κ2) is 5.99. The number of hydrogen-bond acceptors (Lipinski definition) is 1. The highest BCUT2D eigenvalue weighted by molar-refractivity contribution is 5.89. The molecule has 1 aliphatic carbocycles. The Kier molecular flexibility index (Phi) is 4.35. The van der Waals surface area contributed by atoms with Crippen LogP contribution in [0.5, 0.6) is 0 Å². The molecule has 0 atom stereocenters. The highest BCUT2D eigenvalue weighted by Gasteiger charge is 2.14. The van der Waals surface area contributed by atoms with Crippen molar-refractivity contribution in [3.63, 3.8) is 0 Å². The van der Waals surface area contributed by atoms with Gasteiger partial charge in [0.15, 0.2) is 0 Å². The van der Waals surface area contributed by atoms with Crippen LogP contribution in [0.3, 0.4) is 0 Å². The molecule has 0 radical (unpaired) electrons. The Bertz CT molecular complexity index is 458. The van der Waals surface area contributed by atoms with E-state index < -0.39 is 0 Å². The topological polar surface area (TPSA) is 12.4 Å². The van der Waals surface area contributed by atoms with E-state index in [2.05, 4.69) is 51.1 Å². The van der Waals surface area contributed by atoms with Crippen molar-refractivity contribution in [2.24, 2.45) is 10.9 Å². The predicted molar refractivity (Wildman–Crippen MR) is 80.5 cm³/mol. The second-order valence-electron chi connectivity index (χ2n) is 5.35. The van der Waals surface area contributed by atoms with Crippen molar-refractivity contribution in [2.75, 3.05) is 0 Å². The van der Waals surface area contributed by atoms with Gasteiger partial charge < -0.3 is 0 Å². The highest BCUT2D eigenvalue weighted by Crippen LogP contribution is 2.29. The summed E-state index contributed by atoms with van der Waals surface area (Å²) >= 11 is 0. The molecule has 1 aromatic carbocycles. The molecule has 1 fully saturated rings. The molecule has 0 spiro atoms. The Hall–Kier alpha value is -1.37. The van der Waals surface area contributed by atoms with E-state index in [1.165, 1.54) is 42.5 Å². The number of allylic oxidation sites excluding steroid dienone is 2. The van der Waals surface area contributed by atoms with E-state index in [-0.39, 0.29) is 0 Å². The van der Waals surface area contributed by atoms with Crippen molar-refractivity contribution >= 4 is 17.0 Å². The molecule has 0 heterocycles. The zero-order valence-electron chi connectivity index (χ0n) is 11.7. The Morgan fingerprint density at radius 1 is 1.22 bits per heavy atom. The maximum Gasteiger partial charge on any atom is 0.0703 e. The van der Waals surface area contributed by atoms with Crippen molar-refractivity contribution < 1.29 is 0 Å². The third-order valence-electron chi connectivity index (χ3n) is 3.89. The first kappa shape index (κ1) is 13.1. The summed E-state index contributed by atoms with van der Waals surface area (Å²) in [5.41, 5.74) is 5.09. The molecule has 0 aliphatic heterocycles. The van der Waals surface area contributed by atoms with Gasteiger partial charge in [-0.2, -0.15) is 0 Å². The minimum atomic E-state index is 0.872. The molecule has 18 heavy (non-hydrogen) atoms. The van der Waals surface area contributed by atoms with Crippen LogP contribution in [0.25, 0.3) is 5.57 Å². The number of benzene rings is 1. The molecule has 0 saturated heterocycles. The zero-order valence-corrected chi connectivity index (χ0v) is 11.7. The van der Waals surface area contributed by atoms with E-state index in [0.29, 0.717) is 0 Å². The molecule has 1 aliphatic rings. The minimum Gasteiger partial charge on any atom is -0.257 e. The van der Waals surface area contributed by atoms with E-state index in [9.17, 15) is 0 Å². The first-order valence-electron chi connectivity index (χ1n) is 6.99. The van der Waals surface area contributed by atoms with Gasteiger partial charge in [0.2, 0.25) is 0 Å².